The Morgan fingerprint density at radius 1 is 1.32 bits per heavy atom. The molecule has 5 heteroatoms. The number of rotatable bonds is 7. The van der Waals surface area contributed by atoms with E-state index in [0.29, 0.717) is 13.1 Å². The van der Waals surface area contributed by atoms with Gasteiger partial charge < -0.3 is 20.1 Å². The number of nitrogens with zero attached hydrogens (tertiary/aromatic N) is 1. The first-order valence-corrected chi connectivity index (χ1v) is 7.89. The molecule has 1 aromatic rings. The topological polar surface area (TPSA) is 64.8 Å². The molecule has 2 rings (SSSR count). The van der Waals surface area contributed by atoms with Gasteiger partial charge in [-0.05, 0) is 24.8 Å². The van der Waals surface area contributed by atoms with Crippen LogP contribution in [0, 0.1) is 0 Å². The monoisotopic (exact) mass is 306 g/mol. The maximum Gasteiger partial charge on any atom is 0.241 e. The molecule has 2 N–H and O–H groups in total. The van der Waals surface area contributed by atoms with Crippen molar-refractivity contribution in [3.63, 3.8) is 0 Å². The van der Waals surface area contributed by atoms with Crippen LogP contribution in [0.3, 0.4) is 0 Å². The van der Waals surface area contributed by atoms with Gasteiger partial charge in [0.15, 0.2) is 0 Å². The van der Waals surface area contributed by atoms with Crippen molar-refractivity contribution >= 4 is 5.91 Å². The minimum absolute atomic E-state index is 0.0235. The Labute approximate surface area is 132 Å². The highest BCUT2D eigenvalue weighted by Gasteiger charge is 2.26. The average molecular weight is 306 g/mol. The zero-order chi connectivity index (χ0) is 15.8. The molecule has 0 spiro atoms. The first-order chi connectivity index (χ1) is 10.7. The van der Waals surface area contributed by atoms with Gasteiger partial charge >= 0.3 is 0 Å². The van der Waals surface area contributed by atoms with E-state index in [4.69, 9.17) is 15.2 Å². The Hall–Kier alpha value is -1.43. The van der Waals surface area contributed by atoms with Gasteiger partial charge in [-0.1, -0.05) is 30.3 Å². The lowest BCUT2D eigenvalue weighted by atomic mass is 10.1. The second-order valence-electron chi connectivity index (χ2n) is 5.69. The van der Waals surface area contributed by atoms with Crippen molar-refractivity contribution in [1.29, 1.82) is 0 Å². The number of benzene rings is 1. The van der Waals surface area contributed by atoms with Crippen LogP contribution < -0.4 is 5.73 Å². The van der Waals surface area contributed by atoms with Crippen molar-refractivity contribution in [3.8, 4) is 0 Å². The summed E-state index contributed by atoms with van der Waals surface area (Å²) in [6.45, 7) is 2.43. The highest BCUT2D eigenvalue weighted by atomic mass is 16.5. The van der Waals surface area contributed by atoms with Crippen molar-refractivity contribution in [2.24, 2.45) is 5.73 Å². The van der Waals surface area contributed by atoms with Crippen LogP contribution in [0.25, 0.3) is 0 Å². The zero-order valence-corrected chi connectivity index (χ0v) is 13.2. The first-order valence-electron chi connectivity index (χ1n) is 7.89. The molecule has 5 nitrogen and oxygen atoms in total. The van der Waals surface area contributed by atoms with E-state index in [0.717, 1.165) is 25.9 Å². The molecule has 122 valence electrons. The molecular weight excluding hydrogens is 280 g/mol. The Morgan fingerprint density at radius 2 is 2.00 bits per heavy atom. The second-order valence-corrected chi connectivity index (χ2v) is 5.69. The SMILES string of the molecule is COCC(N)C(=O)N1CCC(OCCc2ccccc2)CC1. The molecule has 22 heavy (non-hydrogen) atoms. The molecule has 1 heterocycles. The molecule has 1 saturated heterocycles. The molecule has 1 aliphatic heterocycles. The van der Waals surface area contributed by atoms with Gasteiger partial charge in [-0.2, -0.15) is 0 Å². The van der Waals surface area contributed by atoms with Crippen LogP contribution in [-0.2, 0) is 20.7 Å². The number of hydrogen-bond acceptors (Lipinski definition) is 4. The van der Waals surface area contributed by atoms with Crippen molar-refractivity contribution in [1.82, 2.24) is 4.90 Å². The van der Waals surface area contributed by atoms with Gasteiger partial charge in [0, 0.05) is 20.2 Å². The van der Waals surface area contributed by atoms with Gasteiger partial charge in [0.25, 0.3) is 0 Å². The fraction of sp³-hybridized carbons (Fsp3) is 0.588. The summed E-state index contributed by atoms with van der Waals surface area (Å²) in [7, 11) is 1.56. The summed E-state index contributed by atoms with van der Waals surface area (Å²) in [5.41, 5.74) is 7.08. The summed E-state index contributed by atoms with van der Waals surface area (Å²) in [5, 5.41) is 0. The average Bonchev–Trinajstić information content (AvgIpc) is 2.56. The number of carbonyl (C=O) groups excluding carboxylic acids is 1. The number of hydrogen-bond donors (Lipinski definition) is 1. The molecule has 0 aliphatic carbocycles. The van der Waals surface area contributed by atoms with Gasteiger partial charge in [-0.3, -0.25) is 4.79 Å². The van der Waals surface area contributed by atoms with Gasteiger partial charge in [-0.25, -0.2) is 0 Å². The number of amides is 1. The minimum atomic E-state index is -0.555. The van der Waals surface area contributed by atoms with Crippen molar-refractivity contribution < 1.29 is 14.3 Å². The van der Waals surface area contributed by atoms with Gasteiger partial charge in [0.2, 0.25) is 5.91 Å². The molecule has 0 bridgehead atoms. The van der Waals surface area contributed by atoms with Gasteiger partial charge in [-0.15, -0.1) is 0 Å². The molecule has 1 unspecified atom stereocenters. The lowest BCUT2D eigenvalue weighted by Gasteiger charge is -2.33. The van der Waals surface area contributed by atoms with E-state index in [2.05, 4.69) is 12.1 Å². The van der Waals surface area contributed by atoms with Crippen LogP contribution in [0.5, 0.6) is 0 Å². The Morgan fingerprint density at radius 3 is 2.64 bits per heavy atom. The number of carbonyl (C=O) groups is 1. The quantitative estimate of drug-likeness (QED) is 0.822. The number of likely N-dealkylation sites (tertiary alicyclic amines) is 1. The van der Waals surface area contributed by atoms with Crippen LogP contribution in [0.2, 0.25) is 0 Å². The summed E-state index contributed by atoms with van der Waals surface area (Å²) < 4.78 is 10.9. The molecule has 1 amide bonds. The van der Waals surface area contributed by atoms with Crippen LogP contribution in [0.15, 0.2) is 30.3 Å². The standard InChI is InChI=1S/C17H26N2O3/c1-21-13-16(18)17(20)19-10-7-15(8-11-19)22-12-9-14-5-3-2-4-6-14/h2-6,15-16H,7-13,18H2,1H3. The van der Waals surface area contributed by atoms with Crippen molar-refractivity contribution in [2.45, 2.75) is 31.4 Å². The van der Waals surface area contributed by atoms with E-state index in [1.54, 1.807) is 7.11 Å². The molecule has 0 saturated carbocycles. The van der Waals surface area contributed by atoms with Crippen LogP contribution in [-0.4, -0.2) is 56.4 Å². The minimum Gasteiger partial charge on any atom is -0.383 e. The Balaban J connectivity index is 1.66. The Kier molecular flexibility index (Phi) is 6.83. The molecule has 0 radical (unpaired) electrons. The first kappa shape index (κ1) is 16.9. The fourth-order valence-corrected chi connectivity index (χ4v) is 2.72. The van der Waals surface area contributed by atoms with Crippen molar-refractivity contribution in [3.05, 3.63) is 35.9 Å². The van der Waals surface area contributed by atoms with Crippen LogP contribution in [0.1, 0.15) is 18.4 Å². The van der Waals surface area contributed by atoms with E-state index >= 15 is 0 Å². The summed E-state index contributed by atoms with van der Waals surface area (Å²) in [6, 6.07) is 9.78. The van der Waals surface area contributed by atoms with E-state index in [1.807, 2.05) is 23.1 Å². The smallest absolute Gasteiger partial charge is 0.241 e. The predicted molar refractivity (Wildman–Crippen MR) is 85.6 cm³/mol. The van der Waals surface area contributed by atoms with Crippen LogP contribution in [0.4, 0.5) is 0 Å². The summed E-state index contributed by atoms with van der Waals surface area (Å²) in [5.74, 6) is -0.0235. The summed E-state index contributed by atoms with van der Waals surface area (Å²) in [4.78, 5) is 13.9. The Bertz CT molecular complexity index is 444. The molecule has 1 fully saturated rings. The van der Waals surface area contributed by atoms with E-state index in [9.17, 15) is 4.79 Å². The maximum atomic E-state index is 12.1. The van der Waals surface area contributed by atoms with E-state index in [1.165, 1.54) is 5.56 Å². The highest BCUT2D eigenvalue weighted by Crippen LogP contribution is 2.15. The summed E-state index contributed by atoms with van der Waals surface area (Å²) >= 11 is 0. The van der Waals surface area contributed by atoms with Gasteiger partial charge in [0.1, 0.15) is 6.04 Å². The largest absolute Gasteiger partial charge is 0.383 e. The molecule has 1 aromatic carbocycles. The van der Waals surface area contributed by atoms with Gasteiger partial charge in [0.05, 0.1) is 19.3 Å². The molecule has 0 aromatic heterocycles. The molecule has 1 aliphatic rings. The van der Waals surface area contributed by atoms with E-state index in [-0.39, 0.29) is 18.6 Å². The van der Waals surface area contributed by atoms with E-state index < -0.39 is 6.04 Å². The third kappa shape index (κ3) is 5.09. The lowest BCUT2D eigenvalue weighted by molar-refractivity contribution is -0.136. The highest BCUT2D eigenvalue weighted by molar-refractivity contribution is 5.81. The lowest BCUT2D eigenvalue weighted by Crippen LogP contribution is -2.49. The third-order valence-corrected chi connectivity index (χ3v) is 4.00. The second kappa shape index (κ2) is 8.88. The third-order valence-electron chi connectivity index (χ3n) is 4.00. The number of piperidine rings is 1. The predicted octanol–water partition coefficient (Wildman–Crippen LogP) is 1.21. The molecular formula is C17H26N2O3. The van der Waals surface area contributed by atoms with Crippen LogP contribution >= 0.6 is 0 Å². The zero-order valence-electron chi connectivity index (χ0n) is 13.2. The maximum absolute atomic E-state index is 12.1. The van der Waals surface area contributed by atoms with Crippen molar-refractivity contribution in [2.75, 3.05) is 33.4 Å². The normalized spacial score (nSPS) is 17.5. The number of nitrogens with two attached hydrogens (primary N) is 1. The fourth-order valence-electron chi connectivity index (χ4n) is 2.72. The molecule has 1 atom stereocenters. The number of ether oxygens (including phenoxy) is 2. The summed E-state index contributed by atoms with van der Waals surface area (Å²) in [6.07, 6.45) is 2.92. The number of methoxy groups -OCH3 is 1.